The number of nitriles is 1. The first-order valence-electron chi connectivity index (χ1n) is 9.77. The van der Waals surface area contributed by atoms with Crippen molar-refractivity contribution in [2.45, 2.75) is 18.9 Å². The van der Waals surface area contributed by atoms with Crippen molar-refractivity contribution in [1.29, 1.82) is 5.26 Å². The molecule has 1 saturated heterocycles. The number of amides is 1. The predicted octanol–water partition coefficient (Wildman–Crippen LogP) is 3.37. The molecule has 1 fully saturated rings. The van der Waals surface area contributed by atoms with E-state index in [2.05, 4.69) is 18.0 Å². The Kier molecular flexibility index (Phi) is 6.53. The molecule has 1 heterocycles. The maximum absolute atomic E-state index is 13.1. The van der Waals surface area contributed by atoms with Crippen LogP contribution in [0.15, 0.2) is 66.4 Å². The topological polar surface area (TPSA) is 76.6 Å². The van der Waals surface area contributed by atoms with Crippen molar-refractivity contribution in [3.8, 4) is 6.07 Å². The summed E-state index contributed by atoms with van der Waals surface area (Å²) in [5, 5.41) is 9.75. The Balaban J connectivity index is 1.91. The number of nitrogens with two attached hydrogens (primary N) is 1. The van der Waals surface area contributed by atoms with Gasteiger partial charge in [-0.1, -0.05) is 18.2 Å². The predicted molar refractivity (Wildman–Crippen MR) is 116 cm³/mol. The first kappa shape index (κ1) is 20.4. The van der Waals surface area contributed by atoms with Gasteiger partial charge in [-0.25, -0.2) is 0 Å². The van der Waals surface area contributed by atoms with Crippen molar-refractivity contribution >= 4 is 23.0 Å². The van der Waals surface area contributed by atoms with Crippen molar-refractivity contribution in [2.75, 3.05) is 37.8 Å². The fourth-order valence-electron chi connectivity index (χ4n) is 3.52. The summed E-state index contributed by atoms with van der Waals surface area (Å²) in [7, 11) is 3.88. The van der Waals surface area contributed by atoms with Gasteiger partial charge in [0.25, 0.3) is 5.91 Å². The van der Waals surface area contributed by atoms with Gasteiger partial charge in [-0.05, 0) is 69.4 Å². The zero-order chi connectivity index (χ0) is 20.8. The number of rotatable bonds is 5. The van der Waals surface area contributed by atoms with Crippen molar-refractivity contribution < 1.29 is 4.79 Å². The van der Waals surface area contributed by atoms with Crippen LogP contribution in [0.3, 0.4) is 0 Å². The summed E-state index contributed by atoms with van der Waals surface area (Å²) in [6.45, 7) is 1.91. The van der Waals surface area contributed by atoms with Crippen LogP contribution in [0.2, 0.25) is 0 Å². The molecule has 2 aromatic carbocycles. The van der Waals surface area contributed by atoms with Gasteiger partial charge in [-0.15, -0.1) is 0 Å². The normalized spacial score (nSPS) is 15.6. The highest BCUT2D eigenvalue weighted by Crippen LogP contribution is 2.27. The molecule has 0 aromatic heterocycles. The van der Waals surface area contributed by atoms with Crippen LogP contribution < -0.4 is 10.6 Å². The Hall–Kier alpha value is -3.30. The molecular formula is C23H27N5O. The summed E-state index contributed by atoms with van der Waals surface area (Å²) < 4.78 is 0. The number of carbonyl (C=O) groups excluding carboxylic acids is 1. The van der Waals surface area contributed by atoms with Gasteiger partial charge < -0.3 is 20.4 Å². The van der Waals surface area contributed by atoms with Crippen molar-refractivity contribution in [3.05, 3.63) is 66.4 Å². The third kappa shape index (κ3) is 4.95. The molecule has 3 rings (SSSR count). The van der Waals surface area contributed by atoms with E-state index in [1.54, 1.807) is 30.3 Å². The van der Waals surface area contributed by atoms with Crippen LogP contribution in [-0.4, -0.2) is 48.9 Å². The van der Waals surface area contributed by atoms with E-state index in [0.717, 1.165) is 37.3 Å². The van der Waals surface area contributed by atoms with Crippen LogP contribution >= 0.6 is 0 Å². The monoisotopic (exact) mass is 389 g/mol. The molecule has 0 bridgehead atoms. The number of para-hydroxylation sites is 1. The summed E-state index contributed by atoms with van der Waals surface area (Å²) in [6.07, 6.45) is 3.45. The molecule has 1 aliphatic heterocycles. The van der Waals surface area contributed by atoms with E-state index in [0.29, 0.717) is 5.69 Å². The van der Waals surface area contributed by atoms with Gasteiger partial charge in [0.2, 0.25) is 0 Å². The number of hydrogen-bond acceptors (Lipinski definition) is 5. The number of nitrogen functional groups attached to an aromatic ring is 1. The van der Waals surface area contributed by atoms with E-state index in [4.69, 9.17) is 5.73 Å². The highest BCUT2D eigenvalue weighted by atomic mass is 16.2. The lowest BCUT2D eigenvalue weighted by molar-refractivity contribution is -0.128. The van der Waals surface area contributed by atoms with Gasteiger partial charge in [0.05, 0.1) is 0 Å². The molecule has 0 saturated carbocycles. The summed E-state index contributed by atoms with van der Waals surface area (Å²) in [5.41, 5.74) is 8.27. The SMILES string of the molecule is CN1CCC(N(C)C(=O)/C(C#N)=C\N(c2ccccc2)c2ccc(N)cc2)CC1. The second kappa shape index (κ2) is 9.26. The van der Waals surface area contributed by atoms with E-state index in [-0.39, 0.29) is 17.5 Å². The third-order valence-electron chi connectivity index (χ3n) is 5.37. The second-order valence-electron chi connectivity index (χ2n) is 7.40. The first-order chi connectivity index (χ1) is 14.0. The molecule has 2 N–H and O–H groups in total. The molecule has 0 radical (unpaired) electrons. The molecule has 29 heavy (non-hydrogen) atoms. The molecule has 0 spiro atoms. The molecule has 1 amide bonds. The molecule has 0 atom stereocenters. The van der Waals surface area contributed by atoms with Crippen LogP contribution in [0.5, 0.6) is 0 Å². The minimum Gasteiger partial charge on any atom is -0.399 e. The number of likely N-dealkylation sites (tertiary alicyclic amines) is 1. The Morgan fingerprint density at radius 3 is 2.28 bits per heavy atom. The van der Waals surface area contributed by atoms with E-state index in [1.165, 1.54) is 0 Å². The Bertz CT molecular complexity index is 893. The van der Waals surface area contributed by atoms with Gasteiger partial charge in [0, 0.05) is 36.4 Å². The fraction of sp³-hybridized carbons (Fsp3) is 0.304. The van der Waals surface area contributed by atoms with Crippen molar-refractivity contribution in [3.63, 3.8) is 0 Å². The highest BCUT2D eigenvalue weighted by molar-refractivity contribution is 5.98. The Morgan fingerprint density at radius 1 is 1.10 bits per heavy atom. The molecule has 1 aliphatic rings. The molecular weight excluding hydrogens is 362 g/mol. The van der Waals surface area contributed by atoms with E-state index >= 15 is 0 Å². The summed E-state index contributed by atoms with van der Waals surface area (Å²) >= 11 is 0. The molecule has 2 aromatic rings. The number of likely N-dealkylation sites (N-methyl/N-ethyl adjacent to an activating group) is 1. The van der Waals surface area contributed by atoms with E-state index in [9.17, 15) is 10.1 Å². The van der Waals surface area contributed by atoms with Crippen molar-refractivity contribution in [2.24, 2.45) is 0 Å². The molecule has 6 nitrogen and oxygen atoms in total. The van der Waals surface area contributed by atoms with Gasteiger partial charge >= 0.3 is 0 Å². The third-order valence-corrected chi connectivity index (χ3v) is 5.37. The number of hydrogen-bond donors (Lipinski definition) is 1. The minimum absolute atomic E-state index is 0.104. The van der Waals surface area contributed by atoms with Crippen LogP contribution in [0, 0.1) is 11.3 Å². The maximum Gasteiger partial charge on any atom is 0.266 e. The molecule has 0 aliphatic carbocycles. The second-order valence-corrected chi connectivity index (χ2v) is 7.40. The number of piperidine rings is 1. The summed E-state index contributed by atoms with van der Waals surface area (Å²) in [5.74, 6) is -0.251. The Labute approximate surface area is 172 Å². The number of anilines is 3. The van der Waals surface area contributed by atoms with Gasteiger partial charge in [-0.3, -0.25) is 4.79 Å². The summed E-state index contributed by atoms with van der Waals surface area (Å²) in [4.78, 5) is 18.9. The largest absolute Gasteiger partial charge is 0.399 e. The fourth-order valence-corrected chi connectivity index (χ4v) is 3.52. The van der Waals surface area contributed by atoms with E-state index < -0.39 is 0 Å². The lowest BCUT2D eigenvalue weighted by Gasteiger charge is -2.35. The highest BCUT2D eigenvalue weighted by Gasteiger charge is 2.26. The van der Waals surface area contributed by atoms with Crippen LogP contribution in [0.4, 0.5) is 17.1 Å². The molecule has 0 unspecified atom stereocenters. The zero-order valence-corrected chi connectivity index (χ0v) is 17.0. The lowest BCUT2D eigenvalue weighted by atomic mass is 10.0. The maximum atomic E-state index is 13.1. The van der Waals surface area contributed by atoms with Gasteiger partial charge in [-0.2, -0.15) is 5.26 Å². The minimum atomic E-state index is -0.251. The van der Waals surface area contributed by atoms with E-state index in [1.807, 2.05) is 47.4 Å². The number of benzene rings is 2. The van der Waals surface area contributed by atoms with Crippen LogP contribution in [0.25, 0.3) is 0 Å². The van der Waals surface area contributed by atoms with Gasteiger partial charge in [0.1, 0.15) is 11.6 Å². The number of nitrogens with zero attached hydrogens (tertiary/aromatic N) is 4. The molecule has 150 valence electrons. The quantitative estimate of drug-likeness (QED) is 0.482. The number of carbonyl (C=O) groups is 1. The van der Waals surface area contributed by atoms with Gasteiger partial charge in [0.15, 0.2) is 0 Å². The standard InChI is InChI=1S/C23H27N5O/c1-26-14-12-20(13-15-26)27(2)23(29)18(16-24)17-28(21-6-4-3-5-7-21)22-10-8-19(25)9-11-22/h3-11,17,20H,12-15,25H2,1-2H3/b18-17-. The zero-order valence-electron chi connectivity index (χ0n) is 17.0. The smallest absolute Gasteiger partial charge is 0.266 e. The molecule has 6 heteroatoms. The summed E-state index contributed by atoms with van der Waals surface area (Å²) in [6, 6.07) is 19.3. The van der Waals surface area contributed by atoms with Crippen LogP contribution in [0.1, 0.15) is 12.8 Å². The first-order valence-corrected chi connectivity index (χ1v) is 9.77. The lowest BCUT2D eigenvalue weighted by Crippen LogP contribution is -2.45. The average Bonchev–Trinajstić information content (AvgIpc) is 2.76. The average molecular weight is 390 g/mol. The van der Waals surface area contributed by atoms with Crippen molar-refractivity contribution in [1.82, 2.24) is 9.80 Å². The van der Waals surface area contributed by atoms with Crippen LogP contribution in [-0.2, 0) is 4.79 Å². The Morgan fingerprint density at radius 2 is 1.69 bits per heavy atom.